The van der Waals surface area contributed by atoms with Crippen molar-refractivity contribution in [2.75, 3.05) is 23.4 Å². The van der Waals surface area contributed by atoms with Gasteiger partial charge in [0.05, 0.1) is 0 Å². The third-order valence-electron chi connectivity index (χ3n) is 2.43. The molecule has 0 aromatic carbocycles. The third kappa shape index (κ3) is 1.86. The molecule has 1 aliphatic rings. The molecule has 76 valence electrons. The minimum atomic E-state index is 0.214. The van der Waals surface area contributed by atoms with Crippen molar-refractivity contribution >= 4 is 17.6 Å². The van der Waals surface area contributed by atoms with Crippen molar-refractivity contribution in [2.45, 2.75) is 25.3 Å². The Hall–Kier alpha value is -1.52. The molecule has 2 rings (SSSR count). The molecule has 5 heteroatoms. The van der Waals surface area contributed by atoms with Crippen molar-refractivity contribution in [3.63, 3.8) is 0 Å². The molecular weight excluding hydrogens is 178 g/mol. The monoisotopic (exact) mass is 193 g/mol. The highest BCUT2D eigenvalue weighted by molar-refractivity contribution is 5.52. The molecule has 4 N–H and O–H groups in total. The van der Waals surface area contributed by atoms with E-state index in [1.54, 1.807) is 0 Å². The van der Waals surface area contributed by atoms with Gasteiger partial charge in [0.1, 0.15) is 11.6 Å². The smallest absolute Gasteiger partial charge is 0.223 e. The number of nitrogen functional groups attached to an aromatic ring is 1. The van der Waals surface area contributed by atoms with E-state index in [9.17, 15) is 0 Å². The number of nitrogens with two attached hydrogens (primary N) is 1. The lowest BCUT2D eigenvalue weighted by atomic mass is 10.3. The Bertz CT molecular complexity index is 345. The Balaban J connectivity index is 2.20. The zero-order valence-electron chi connectivity index (χ0n) is 8.46. The summed E-state index contributed by atoms with van der Waals surface area (Å²) in [5.74, 6) is 1.83. The van der Waals surface area contributed by atoms with E-state index in [1.807, 2.05) is 13.1 Å². The Morgan fingerprint density at radius 1 is 1.36 bits per heavy atom. The Morgan fingerprint density at radius 3 is 2.57 bits per heavy atom. The summed E-state index contributed by atoms with van der Waals surface area (Å²) >= 11 is 0. The van der Waals surface area contributed by atoms with Crippen LogP contribution in [0.2, 0.25) is 0 Å². The summed E-state index contributed by atoms with van der Waals surface area (Å²) in [6, 6.07) is 1.86. The maximum atomic E-state index is 5.57. The van der Waals surface area contributed by atoms with Crippen LogP contribution in [0, 0.1) is 0 Å². The molecule has 1 saturated carbocycles. The fraction of sp³-hybridized carbons (Fsp3) is 0.556. The van der Waals surface area contributed by atoms with Crippen molar-refractivity contribution in [1.82, 2.24) is 9.97 Å². The molecule has 5 nitrogen and oxygen atoms in total. The van der Waals surface area contributed by atoms with Gasteiger partial charge in [0, 0.05) is 18.7 Å². The van der Waals surface area contributed by atoms with Crippen LogP contribution in [0.3, 0.4) is 0 Å². The van der Waals surface area contributed by atoms with Crippen LogP contribution in [0.5, 0.6) is 0 Å². The number of hydrogen-bond donors (Lipinski definition) is 3. The standard InChI is InChI=1S/C9H15N5/c1-9(3-4-9)14-7-5-6(11-2)12-8(10)13-7/h5H,3-4H2,1-2H3,(H4,10,11,12,13,14). The highest BCUT2D eigenvalue weighted by atomic mass is 15.2. The van der Waals surface area contributed by atoms with Crippen LogP contribution in [-0.4, -0.2) is 22.6 Å². The topological polar surface area (TPSA) is 75.9 Å². The molecular formula is C9H15N5. The number of nitrogens with one attached hydrogen (secondary N) is 2. The number of aromatic nitrogens is 2. The fourth-order valence-corrected chi connectivity index (χ4v) is 1.28. The maximum absolute atomic E-state index is 5.57. The van der Waals surface area contributed by atoms with Crippen LogP contribution in [0.4, 0.5) is 17.6 Å². The Morgan fingerprint density at radius 2 is 2.00 bits per heavy atom. The van der Waals surface area contributed by atoms with Crippen molar-refractivity contribution in [2.24, 2.45) is 0 Å². The molecule has 1 fully saturated rings. The number of nitrogens with zero attached hydrogens (tertiary/aromatic N) is 2. The maximum Gasteiger partial charge on any atom is 0.223 e. The second-order valence-electron chi connectivity index (χ2n) is 3.93. The fourth-order valence-electron chi connectivity index (χ4n) is 1.28. The molecule has 0 amide bonds. The summed E-state index contributed by atoms with van der Waals surface area (Å²) in [6.45, 7) is 2.17. The molecule has 0 saturated heterocycles. The van der Waals surface area contributed by atoms with Crippen LogP contribution in [0.1, 0.15) is 19.8 Å². The first-order valence-corrected chi connectivity index (χ1v) is 4.72. The van der Waals surface area contributed by atoms with Crippen LogP contribution in [-0.2, 0) is 0 Å². The highest BCUT2D eigenvalue weighted by Gasteiger charge is 2.37. The second-order valence-corrected chi connectivity index (χ2v) is 3.93. The van der Waals surface area contributed by atoms with Crippen molar-refractivity contribution in [3.8, 4) is 0 Å². The van der Waals surface area contributed by atoms with Gasteiger partial charge in [-0.15, -0.1) is 0 Å². The predicted molar refractivity (Wildman–Crippen MR) is 57.3 cm³/mol. The number of anilines is 3. The molecule has 1 heterocycles. The molecule has 0 radical (unpaired) electrons. The Labute approximate surface area is 83.1 Å². The van der Waals surface area contributed by atoms with Crippen LogP contribution < -0.4 is 16.4 Å². The number of rotatable bonds is 3. The minimum absolute atomic E-state index is 0.214. The van der Waals surface area contributed by atoms with E-state index in [-0.39, 0.29) is 5.54 Å². The third-order valence-corrected chi connectivity index (χ3v) is 2.43. The van der Waals surface area contributed by atoms with E-state index < -0.39 is 0 Å². The van der Waals surface area contributed by atoms with Gasteiger partial charge < -0.3 is 16.4 Å². The Kier molecular flexibility index (Phi) is 1.94. The van der Waals surface area contributed by atoms with Crippen molar-refractivity contribution in [3.05, 3.63) is 6.07 Å². The lowest BCUT2D eigenvalue weighted by Crippen LogP contribution is -2.17. The van der Waals surface area contributed by atoms with Gasteiger partial charge in [-0.3, -0.25) is 0 Å². The molecule has 0 unspecified atom stereocenters. The van der Waals surface area contributed by atoms with Crippen LogP contribution in [0.25, 0.3) is 0 Å². The van der Waals surface area contributed by atoms with Gasteiger partial charge in [0.25, 0.3) is 0 Å². The van der Waals surface area contributed by atoms with Gasteiger partial charge in [0.15, 0.2) is 0 Å². The molecule has 0 aliphatic heterocycles. The largest absolute Gasteiger partial charge is 0.373 e. The van der Waals surface area contributed by atoms with E-state index in [0.29, 0.717) is 5.95 Å². The SMILES string of the molecule is CNc1cc(NC2(C)CC2)nc(N)n1. The van der Waals surface area contributed by atoms with E-state index in [0.717, 1.165) is 11.6 Å². The summed E-state index contributed by atoms with van der Waals surface area (Å²) in [7, 11) is 1.81. The summed E-state index contributed by atoms with van der Waals surface area (Å²) in [6.07, 6.45) is 2.37. The predicted octanol–water partition coefficient (Wildman–Crippen LogP) is 1.06. The van der Waals surface area contributed by atoms with Crippen molar-refractivity contribution in [1.29, 1.82) is 0 Å². The molecule has 0 spiro atoms. The average molecular weight is 193 g/mol. The first-order valence-electron chi connectivity index (χ1n) is 4.72. The van der Waals surface area contributed by atoms with Crippen LogP contribution in [0.15, 0.2) is 6.07 Å². The molecule has 14 heavy (non-hydrogen) atoms. The van der Waals surface area contributed by atoms with Gasteiger partial charge in [-0.25, -0.2) is 0 Å². The number of hydrogen-bond acceptors (Lipinski definition) is 5. The lowest BCUT2D eigenvalue weighted by Gasteiger charge is -2.13. The molecule has 1 aromatic rings. The van der Waals surface area contributed by atoms with Crippen LogP contribution >= 0.6 is 0 Å². The normalized spacial score (nSPS) is 17.6. The molecule has 1 aliphatic carbocycles. The first kappa shape index (κ1) is 9.05. The molecule has 1 aromatic heterocycles. The second kappa shape index (κ2) is 3.01. The molecule has 0 atom stereocenters. The quantitative estimate of drug-likeness (QED) is 0.669. The zero-order chi connectivity index (χ0) is 10.2. The first-order chi connectivity index (χ1) is 6.61. The summed E-state index contributed by atoms with van der Waals surface area (Å²) in [5, 5.41) is 6.28. The van der Waals surface area contributed by atoms with E-state index in [4.69, 9.17) is 5.73 Å². The summed E-state index contributed by atoms with van der Waals surface area (Å²) < 4.78 is 0. The van der Waals surface area contributed by atoms with Gasteiger partial charge in [-0.1, -0.05) is 0 Å². The lowest BCUT2D eigenvalue weighted by molar-refractivity contribution is 0.820. The van der Waals surface area contributed by atoms with E-state index in [1.165, 1.54) is 12.8 Å². The van der Waals surface area contributed by atoms with Gasteiger partial charge in [-0.05, 0) is 19.8 Å². The highest BCUT2D eigenvalue weighted by Crippen LogP contribution is 2.37. The minimum Gasteiger partial charge on any atom is -0.373 e. The van der Waals surface area contributed by atoms with Crippen molar-refractivity contribution < 1.29 is 0 Å². The average Bonchev–Trinajstić information content (AvgIpc) is 2.82. The van der Waals surface area contributed by atoms with Gasteiger partial charge in [-0.2, -0.15) is 9.97 Å². The van der Waals surface area contributed by atoms with Gasteiger partial charge in [0.2, 0.25) is 5.95 Å². The molecule has 0 bridgehead atoms. The summed E-state index contributed by atoms with van der Waals surface area (Å²) in [4.78, 5) is 8.14. The zero-order valence-corrected chi connectivity index (χ0v) is 8.46. The summed E-state index contributed by atoms with van der Waals surface area (Å²) in [5.41, 5.74) is 5.79. The van der Waals surface area contributed by atoms with E-state index >= 15 is 0 Å². The van der Waals surface area contributed by atoms with E-state index in [2.05, 4.69) is 27.5 Å². The van der Waals surface area contributed by atoms with Gasteiger partial charge >= 0.3 is 0 Å².